The summed E-state index contributed by atoms with van der Waals surface area (Å²) in [6.45, 7) is 7.24. The zero-order valence-electron chi connectivity index (χ0n) is 22.5. The summed E-state index contributed by atoms with van der Waals surface area (Å²) in [6.07, 6.45) is 5.28. The number of carbonyl (C=O) groups is 2. The predicted molar refractivity (Wildman–Crippen MR) is 155 cm³/mol. The second kappa shape index (κ2) is 12.8. The van der Waals surface area contributed by atoms with Crippen LogP contribution in [0.1, 0.15) is 51.0 Å². The molecule has 1 amide bonds. The fraction of sp³-hybridized carbons (Fsp3) is 0.533. The molecule has 2 heterocycles. The van der Waals surface area contributed by atoms with Crippen LogP contribution in [0, 0.1) is 5.92 Å². The minimum absolute atomic E-state index is 0.0215. The number of unbranched alkanes of at least 4 members (excludes halogenated alkanes) is 1. The molecule has 7 nitrogen and oxygen atoms in total. The van der Waals surface area contributed by atoms with Gasteiger partial charge in [-0.3, -0.25) is 19.4 Å². The van der Waals surface area contributed by atoms with Crippen molar-refractivity contribution in [3.05, 3.63) is 52.0 Å². The standard InChI is InChI=1S/C30H37Cl2N3O4/c1-21(39-30(37)23-6-4-7-23)35-27-20-24(12-10-22(27)11-13-28(35)36)38-19-3-2-14-33-15-17-34(18-16-33)26-9-5-8-25(31)29(26)32/h5,8-10,12,20-21,23H,2-4,6-7,11,13-19H2,1H3. The molecule has 0 spiro atoms. The maximum absolute atomic E-state index is 12.8. The first-order valence-corrected chi connectivity index (χ1v) is 14.9. The molecule has 2 aromatic rings. The summed E-state index contributed by atoms with van der Waals surface area (Å²) < 4.78 is 11.7. The van der Waals surface area contributed by atoms with Crippen LogP contribution in [0.2, 0.25) is 10.0 Å². The number of anilines is 2. The van der Waals surface area contributed by atoms with Gasteiger partial charge in [0.15, 0.2) is 6.23 Å². The number of amides is 1. The fourth-order valence-electron chi connectivity index (χ4n) is 5.50. The van der Waals surface area contributed by atoms with E-state index in [0.29, 0.717) is 29.5 Å². The molecule has 9 heteroatoms. The van der Waals surface area contributed by atoms with Gasteiger partial charge in [-0.15, -0.1) is 0 Å². The van der Waals surface area contributed by atoms with Crippen LogP contribution >= 0.6 is 23.2 Å². The Balaban J connectivity index is 1.07. The number of fused-ring (bicyclic) bond motifs is 1. The number of aryl methyl sites for hydroxylation is 1. The summed E-state index contributed by atoms with van der Waals surface area (Å²) in [5.41, 5.74) is 2.87. The van der Waals surface area contributed by atoms with Crippen molar-refractivity contribution in [2.45, 2.75) is 58.1 Å². The third-order valence-electron chi connectivity index (χ3n) is 8.06. The topological polar surface area (TPSA) is 62.3 Å². The number of hydrogen-bond acceptors (Lipinski definition) is 6. The molecule has 5 rings (SSSR count). The van der Waals surface area contributed by atoms with Gasteiger partial charge >= 0.3 is 5.97 Å². The Labute approximate surface area is 240 Å². The van der Waals surface area contributed by atoms with Gasteiger partial charge in [-0.2, -0.15) is 0 Å². The van der Waals surface area contributed by atoms with Gasteiger partial charge in [-0.05, 0) is 69.3 Å². The lowest BCUT2D eigenvalue weighted by atomic mass is 9.86. The Morgan fingerprint density at radius 2 is 1.82 bits per heavy atom. The molecule has 1 unspecified atom stereocenters. The predicted octanol–water partition coefficient (Wildman–Crippen LogP) is 5.94. The molecule has 3 aliphatic rings. The number of piperazine rings is 1. The van der Waals surface area contributed by atoms with Crippen LogP contribution in [0.3, 0.4) is 0 Å². The van der Waals surface area contributed by atoms with Crippen molar-refractivity contribution >= 4 is 46.5 Å². The molecule has 1 saturated carbocycles. The molecule has 2 aliphatic heterocycles. The number of esters is 1. The van der Waals surface area contributed by atoms with E-state index in [2.05, 4.69) is 9.80 Å². The average molecular weight is 575 g/mol. The van der Waals surface area contributed by atoms with Crippen LogP contribution in [0.25, 0.3) is 0 Å². The number of hydrogen-bond donors (Lipinski definition) is 0. The number of carbonyl (C=O) groups excluding carboxylic acids is 2. The minimum atomic E-state index is -0.629. The molecule has 0 radical (unpaired) electrons. The highest BCUT2D eigenvalue weighted by molar-refractivity contribution is 6.43. The van der Waals surface area contributed by atoms with Crippen LogP contribution in [-0.2, 0) is 20.7 Å². The lowest BCUT2D eigenvalue weighted by Gasteiger charge is -2.36. The van der Waals surface area contributed by atoms with Crippen molar-refractivity contribution in [3.63, 3.8) is 0 Å². The van der Waals surface area contributed by atoms with E-state index in [-0.39, 0.29) is 17.8 Å². The normalized spacial score (nSPS) is 18.9. The molecule has 0 aromatic heterocycles. The van der Waals surface area contributed by atoms with Gasteiger partial charge in [0, 0.05) is 38.7 Å². The number of ether oxygens (including phenoxy) is 2. The van der Waals surface area contributed by atoms with Crippen LogP contribution < -0.4 is 14.5 Å². The van der Waals surface area contributed by atoms with Crippen molar-refractivity contribution in [1.29, 1.82) is 0 Å². The monoisotopic (exact) mass is 573 g/mol. The quantitative estimate of drug-likeness (QED) is 0.259. The highest BCUT2D eigenvalue weighted by atomic mass is 35.5. The summed E-state index contributed by atoms with van der Waals surface area (Å²) >= 11 is 12.6. The zero-order valence-corrected chi connectivity index (χ0v) is 24.1. The Morgan fingerprint density at radius 3 is 2.56 bits per heavy atom. The van der Waals surface area contributed by atoms with Crippen LogP contribution in [0.4, 0.5) is 11.4 Å². The van der Waals surface area contributed by atoms with Crippen LogP contribution in [-0.4, -0.2) is 62.3 Å². The van der Waals surface area contributed by atoms with Gasteiger partial charge in [-0.1, -0.05) is 41.8 Å². The molecule has 0 N–H and O–H groups in total. The lowest BCUT2D eigenvalue weighted by Crippen LogP contribution is -2.46. The second-order valence-corrected chi connectivity index (χ2v) is 11.5. The average Bonchev–Trinajstić information content (AvgIpc) is 2.89. The highest BCUT2D eigenvalue weighted by Gasteiger charge is 2.34. The molecular weight excluding hydrogens is 537 g/mol. The van der Waals surface area contributed by atoms with E-state index in [0.717, 1.165) is 87.5 Å². The first-order chi connectivity index (χ1) is 18.9. The summed E-state index contributed by atoms with van der Waals surface area (Å²) in [7, 11) is 0. The second-order valence-electron chi connectivity index (χ2n) is 10.7. The van der Waals surface area contributed by atoms with Crippen molar-refractivity contribution in [1.82, 2.24) is 4.90 Å². The molecule has 1 aliphatic carbocycles. The molecule has 39 heavy (non-hydrogen) atoms. The molecule has 1 atom stereocenters. The van der Waals surface area contributed by atoms with Gasteiger partial charge in [0.1, 0.15) is 5.75 Å². The maximum Gasteiger partial charge on any atom is 0.310 e. The van der Waals surface area contributed by atoms with E-state index < -0.39 is 6.23 Å². The van der Waals surface area contributed by atoms with E-state index in [9.17, 15) is 9.59 Å². The third-order valence-corrected chi connectivity index (χ3v) is 8.87. The molecule has 2 aromatic carbocycles. The van der Waals surface area contributed by atoms with Crippen molar-refractivity contribution < 1.29 is 19.1 Å². The largest absolute Gasteiger partial charge is 0.494 e. The highest BCUT2D eigenvalue weighted by Crippen LogP contribution is 2.35. The molecule has 2 fully saturated rings. The van der Waals surface area contributed by atoms with E-state index in [1.807, 2.05) is 36.4 Å². The molecule has 0 bridgehead atoms. The van der Waals surface area contributed by atoms with E-state index in [1.54, 1.807) is 11.8 Å². The Bertz CT molecular complexity index is 1180. The Kier molecular flexibility index (Phi) is 9.21. The summed E-state index contributed by atoms with van der Waals surface area (Å²) in [5, 5.41) is 1.22. The van der Waals surface area contributed by atoms with Gasteiger partial charge in [0.2, 0.25) is 5.91 Å². The van der Waals surface area contributed by atoms with Gasteiger partial charge < -0.3 is 14.4 Å². The Morgan fingerprint density at radius 1 is 1.03 bits per heavy atom. The van der Waals surface area contributed by atoms with Crippen LogP contribution in [0.5, 0.6) is 5.75 Å². The lowest BCUT2D eigenvalue weighted by molar-refractivity contribution is -0.156. The summed E-state index contributed by atoms with van der Waals surface area (Å²) in [5.74, 6) is 0.492. The van der Waals surface area contributed by atoms with Crippen molar-refractivity contribution in [2.75, 3.05) is 49.1 Å². The van der Waals surface area contributed by atoms with E-state index in [1.165, 1.54) is 0 Å². The summed E-state index contributed by atoms with van der Waals surface area (Å²) in [4.78, 5) is 31.6. The van der Waals surface area contributed by atoms with Gasteiger partial charge in [-0.25, -0.2) is 0 Å². The fourth-order valence-corrected chi connectivity index (χ4v) is 5.92. The molecule has 1 saturated heterocycles. The first-order valence-electron chi connectivity index (χ1n) is 14.1. The van der Waals surface area contributed by atoms with Crippen LogP contribution in [0.15, 0.2) is 36.4 Å². The zero-order chi connectivity index (χ0) is 27.4. The smallest absolute Gasteiger partial charge is 0.310 e. The van der Waals surface area contributed by atoms with E-state index >= 15 is 0 Å². The number of rotatable bonds is 10. The van der Waals surface area contributed by atoms with Crippen molar-refractivity contribution in [2.24, 2.45) is 5.92 Å². The minimum Gasteiger partial charge on any atom is -0.494 e. The first kappa shape index (κ1) is 28.1. The molecular formula is C30H37Cl2N3O4. The van der Waals surface area contributed by atoms with E-state index in [4.69, 9.17) is 32.7 Å². The molecule has 210 valence electrons. The van der Waals surface area contributed by atoms with Crippen molar-refractivity contribution in [3.8, 4) is 5.75 Å². The number of halogens is 2. The Hall–Kier alpha value is -2.48. The van der Waals surface area contributed by atoms with Gasteiger partial charge in [0.25, 0.3) is 0 Å². The number of nitrogens with zero attached hydrogens (tertiary/aromatic N) is 3. The summed E-state index contributed by atoms with van der Waals surface area (Å²) in [6, 6.07) is 11.7. The number of benzene rings is 2. The SMILES string of the molecule is CC(OC(=O)C1CCC1)N1C(=O)CCc2ccc(OCCCCN3CCN(c4cccc(Cl)c4Cl)CC3)cc21. The third kappa shape index (κ3) is 6.64. The maximum atomic E-state index is 12.8. The van der Waals surface area contributed by atoms with Gasteiger partial charge in [0.05, 0.1) is 33.9 Å².